The Bertz CT molecular complexity index is 401. The quantitative estimate of drug-likeness (QED) is 0.750. The second kappa shape index (κ2) is 4.17. The highest BCUT2D eigenvalue weighted by atomic mass is 32.1. The number of rotatable bonds is 3. The minimum atomic E-state index is -0.107. The maximum Gasteiger partial charge on any atom is 0.139 e. The van der Waals surface area contributed by atoms with E-state index in [2.05, 4.69) is 14.9 Å². The number of hydrogen-bond acceptors (Lipinski definition) is 5. The first kappa shape index (κ1) is 9.11. The fraction of sp³-hybridized carbons (Fsp3) is 0.111. The van der Waals surface area contributed by atoms with Gasteiger partial charge in [0.05, 0.1) is 0 Å². The van der Waals surface area contributed by atoms with E-state index in [0.717, 1.165) is 16.3 Å². The molecule has 14 heavy (non-hydrogen) atoms. The van der Waals surface area contributed by atoms with Crippen molar-refractivity contribution in [2.24, 2.45) is 0 Å². The molecule has 0 spiro atoms. The third-order valence-corrected chi connectivity index (χ3v) is 2.46. The first-order valence-electron chi connectivity index (χ1n) is 4.14. The standard InChI is InChI=1S/C9H9N3OS/c13-6-10-9-8(11-12-14-9)7-4-2-1-3-5-7/h1-5,10,13H,6H2. The lowest BCUT2D eigenvalue weighted by Gasteiger charge is -2.00. The molecule has 72 valence electrons. The van der Waals surface area contributed by atoms with Gasteiger partial charge in [-0.3, -0.25) is 0 Å². The zero-order valence-corrected chi connectivity index (χ0v) is 8.16. The summed E-state index contributed by atoms with van der Waals surface area (Å²) in [5, 5.41) is 16.3. The van der Waals surface area contributed by atoms with Gasteiger partial charge < -0.3 is 10.4 Å². The summed E-state index contributed by atoms with van der Waals surface area (Å²) in [6.45, 7) is -0.107. The molecule has 5 heteroatoms. The van der Waals surface area contributed by atoms with Crippen LogP contribution in [-0.4, -0.2) is 21.4 Å². The van der Waals surface area contributed by atoms with Gasteiger partial charge in [0.15, 0.2) is 0 Å². The molecule has 0 aliphatic carbocycles. The van der Waals surface area contributed by atoms with E-state index in [-0.39, 0.29) is 6.73 Å². The highest BCUT2D eigenvalue weighted by molar-refractivity contribution is 7.10. The summed E-state index contributed by atoms with van der Waals surface area (Å²) in [6, 6.07) is 9.75. The van der Waals surface area contributed by atoms with Crippen molar-refractivity contribution in [3.05, 3.63) is 30.3 Å². The third-order valence-electron chi connectivity index (χ3n) is 1.77. The van der Waals surface area contributed by atoms with Crippen molar-refractivity contribution in [1.82, 2.24) is 9.59 Å². The highest BCUT2D eigenvalue weighted by Gasteiger charge is 2.08. The van der Waals surface area contributed by atoms with Crippen LogP contribution < -0.4 is 5.32 Å². The number of benzene rings is 1. The van der Waals surface area contributed by atoms with Gasteiger partial charge in [0, 0.05) is 17.1 Å². The first-order valence-corrected chi connectivity index (χ1v) is 4.91. The van der Waals surface area contributed by atoms with Gasteiger partial charge in [0.2, 0.25) is 0 Å². The van der Waals surface area contributed by atoms with E-state index in [9.17, 15) is 0 Å². The van der Waals surface area contributed by atoms with Crippen LogP contribution in [0, 0.1) is 0 Å². The summed E-state index contributed by atoms with van der Waals surface area (Å²) < 4.78 is 3.84. The molecule has 2 aromatic rings. The smallest absolute Gasteiger partial charge is 0.139 e. The summed E-state index contributed by atoms with van der Waals surface area (Å²) in [7, 11) is 0. The van der Waals surface area contributed by atoms with Gasteiger partial charge in [-0.2, -0.15) is 0 Å². The number of nitrogens with zero attached hydrogens (tertiary/aromatic N) is 2. The molecular weight excluding hydrogens is 198 g/mol. The van der Waals surface area contributed by atoms with Crippen molar-refractivity contribution in [1.29, 1.82) is 0 Å². The van der Waals surface area contributed by atoms with Gasteiger partial charge in [-0.15, -0.1) is 5.10 Å². The molecule has 2 rings (SSSR count). The van der Waals surface area contributed by atoms with E-state index in [0.29, 0.717) is 0 Å². The molecule has 2 N–H and O–H groups in total. The predicted octanol–water partition coefficient (Wildman–Crippen LogP) is 1.57. The van der Waals surface area contributed by atoms with Crippen LogP contribution in [0.3, 0.4) is 0 Å². The van der Waals surface area contributed by atoms with E-state index in [1.54, 1.807) is 0 Å². The number of nitrogens with one attached hydrogen (secondary N) is 1. The van der Waals surface area contributed by atoms with Crippen molar-refractivity contribution in [2.45, 2.75) is 0 Å². The topological polar surface area (TPSA) is 58.0 Å². The van der Waals surface area contributed by atoms with E-state index in [1.165, 1.54) is 11.5 Å². The molecule has 0 saturated heterocycles. The SMILES string of the molecule is OCNc1snnc1-c1ccccc1. The maximum absolute atomic E-state index is 8.75. The third kappa shape index (κ3) is 1.73. The number of anilines is 1. The summed E-state index contributed by atoms with van der Waals surface area (Å²) in [4.78, 5) is 0. The molecule has 4 nitrogen and oxygen atoms in total. The molecule has 0 radical (unpaired) electrons. The molecule has 0 aliphatic rings. The van der Waals surface area contributed by atoms with Crippen LogP contribution in [0.2, 0.25) is 0 Å². The Kier molecular flexibility index (Phi) is 2.71. The Balaban J connectivity index is 2.37. The monoisotopic (exact) mass is 207 g/mol. The lowest BCUT2D eigenvalue weighted by Crippen LogP contribution is -1.98. The van der Waals surface area contributed by atoms with Crippen LogP contribution in [0.4, 0.5) is 5.00 Å². The average molecular weight is 207 g/mol. The lowest BCUT2D eigenvalue weighted by molar-refractivity contribution is 0.326. The highest BCUT2D eigenvalue weighted by Crippen LogP contribution is 2.27. The minimum absolute atomic E-state index is 0.107. The van der Waals surface area contributed by atoms with Crippen molar-refractivity contribution >= 4 is 16.5 Å². The Hall–Kier alpha value is -1.46. The Labute approximate surface area is 85.4 Å². The molecule has 0 aliphatic heterocycles. The Morgan fingerprint density at radius 3 is 2.79 bits per heavy atom. The zero-order chi connectivity index (χ0) is 9.80. The fourth-order valence-electron chi connectivity index (χ4n) is 1.16. The average Bonchev–Trinajstić information content (AvgIpc) is 2.68. The van der Waals surface area contributed by atoms with E-state index < -0.39 is 0 Å². The summed E-state index contributed by atoms with van der Waals surface area (Å²) >= 11 is 1.24. The van der Waals surface area contributed by atoms with Crippen LogP contribution in [0.1, 0.15) is 0 Å². The zero-order valence-electron chi connectivity index (χ0n) is 7.34. The Morgan fingerprint density at radius 2 is 2.07 bits per heavy atom. The Morgan fingerprint density at radius 1 is 1.29 bits per heavy atom. The van der Waals surface area contributed by atoms with Gasteiger partial charge >= 0.3 is 0 Å². The van der Waals surface area contributed by atoms with Gasteiger partial charge in [0.25, 0.3) is 0 Å². The normalized spacial score (nSPS) is 10.1. The minimum Gasteiger partial charge on any atom is -0.377 e. The summed E-state index contributed by atoms with van der Waals surface area (Å²) in [6.07, 6.45) is 0. The number of aromatic nitrogens is 2. The fourth-order valence-corrected chi connectivity index (χ4v) is 1.74. The van der Waals surface area contributed by atoms with Crippen molar-refractivity contribution in [3.63, 3.8) is 0 Å². The second-order valence-electron chi connectivity index (χ2n) is 2.65. The number of hydrogen-bond donors (Lipinski definition) is 2. The molecule has 1 aromatic heterocycles. The van der Waals surface area contributed by atoms with Crippen LogP contribution in [0.25, 0.3) is 11.3 Å². The molecule has 0 atom stereocenters. The molecule has 0 fully saturated rings. The molecular formula is C9H9N3OS. The lowest BCUT2D eigenvalue weighted by atomic mass is 10.2. The van der Waals surface area contributed by atoms with Crippen LogP contribution >= 0.6 is 11.5 Å². The van der Waals surface area contributed by atoms with E-state index >= 15 is 0 Å². The number of aliphatic hydroxyl groups is 1. The maximum atomic E-state index is 8.75. The second-order valence-corrected chi connectivity index (χ2v) is 3.41. The molecule has 1 heterocycles. The number of aliphatic hydroxyl groups excluding tert-OH is 1. The predicted molar refractivity (Wildman–Crippen MR) is 56.1 cm³/mol. The van der Waals surface area contributed by atoms with Crippen LogP contribution in [0.15, 0.2) is 30.3 Å². The molecule has 0 bridgehead atoms. The van der Waals surface area contributed by atoms with Crippen molar-refractivity contribution in [2.75, 3.05) is 12.0 Å². The van der Waals surface area contributed by atoms with Gasteiger partial charge in [0.1, 0.15) is 17.4 Å². The van der Waals surface area contributed by atoms with E-state index in [1.807, 2.05) is 30.3 Å². The largest absolute Gasteiger partial charge is 0.377 e. The molecule has 1 aromatic carbocycles. The van der Waals surface area contributed by atoms with Gasteiger partial charge in [-0.25, -0.2) is 0 Å². The van der Waals surface area contributed by atoms with Crippen molar-refractivity contribution < 1.29 is 5.11 Å². The molecule has 0 saturated carbocycles. The van der Waals surface area contributed by atoms with Crippen LogP contribution in [-0.2, 0) is 0 Å². The summed E-state index contributed by atoms with van der Waals surface area (Å²) in [5.41, 5.74) is 1.78. The van der Waals surface area contributed by atoms with Gasteiger partial charge in [-0.1, -0.05) is 34.8 Å². The van der Waals surface area contributed by atoms with Crippen molar-refractivity contribution in [3.8, 4) is 11.3 Å². The first-order chi connectivity index (χ1) is 6.92. The molecule has 0 unspecified atom stereocenters. The van der Waals surface area contributed by atoms with Crippen LogP contribution in [0.5, 0.6) is 0 Å². The summed E-state index contributed by atoms with van der Waals surface area (Å²) in [5.74, 6) is 0. The van der Waals surface area contributed by atoms with E-state index in [4.69, 9.17) is 5.11 Å². The molecule has 0 amide bonds. The van der Waals surface area contributed by atoms with Gasteiger partial charge in [-0.05, 0) is 0 Å².